The molecule has 3 rings (SSSR count). The van der Waals surface area contributed by atoms with Gasteiger partial charge in [-0.05, 0) is 63.2 Å². The third kappa shape index (κ3) is 24.9. The van der Waals surface area contributed by atoms with Gasteiger partial charge >= 0.3 is 53.1 Å². The van der Waals surface area contributed by atoms with E-state index < -0.39 is 135 Å². The summed E-state index contributed by atoms with van der Waals surface area (Å²) in [6, 6.07) is 1.90. The average Bonchev–Trinajstić information content (AvgIpc) is 3.99. The fourth-order valence-corrected chi connectivity index (χ4v) is 28.7. The van der Waals surface area contributed by atoms with Crippen molar-refractivity contribution in [3.05, 3.63) is 0 Å². The molecule has 3 aliphatic rings. The van der Waals surface area contributed by atoms with Crippen molar-refractivity contribution in [2.75, 3.05) is 39.6 Å². The summed E-state index contributed by atoms with van der Waals surface area (Å²) in [6.45, 7) is 10.7. The zero-order valence-corrected chi connectivity index (χ0v) is 74.1. The number of hydrogen-bond acceptors (Lipinski definition) is 24. The van der Waals surface area contributed by atoms with E-state index in [1.54, 1.807) is 0 Å². The van der Waals surface area contributed by atoms with Gasteiger partial charge in [-0.25, -0.2) is 14.4 Å². The first-order valence-electron chi connectivity index (χ1n) is 22.5. The van der Waals surface area contributed by atoms with E-state index in [1.807, 2.05) is 38.6 Å². The molecule has 0 amide bonds. The van der Waals surface area contributed by atoms with Gasteiger partial charge in [0.2, 0.25) is 0 Å². The summed E-state index contributed by atoms with van der Waals surface area (Å²) in [4.78, 5) is 40.6. The number of ether oxygens (including phenoxy) is 6. The quantitative estimate of drug-likeness (QED) is 0.0278. The average molecular weight is 1720 g/mol. The van der Waals surface area contributed by atoms with Gasteiger partial charge in [-0.3, -0.25) is 0 Å². The molecule has 0 aromatic heterocycles. The minimum atomic E-state index is -3.02. The predicted molar refractivity (Wildman–Crippen MR) is 317 cm³/mol. The topological polar surface area (TPSA) is 245 Å². The van der Waals surface area contributed by atoms with E-state index in [4.69, 9.17) is 95.1 Å². The van der Waals surface area contributed by atoms with E-state index in [0.29, 0.717) is 31.4 Å². The first kappa shape index (κ1) is 88.4. The molecule has 22 unspecified atom stereocenters. The van der Waals surface area contributed by atoms with Gasteiger partial charge in [-0.15, -0.1) is 0 Å². The molecule has 0 N–H and O–H groups in total. The van der Waals surface area contributed by atoms with Gasteiger partial charge in [0.1, 0.15) is 36.6 Å². The van der Waals surface area contributed by atoms with Gasteiger partial charge in [-0.2, -0.15) is 0 Å². The standard InChI is InChI=1S/C33H74O24P12Si5.4Y/c1-70(12-6-9-37-28(34)31(52-67)25(49-64)22(46-61)19(43-31)15-40-58)18-72(3)56-74(5,14-8-11-39-30(36)33(54-69)27(51-66)24(48-63)21(45-33)17-42-60)57-73(4)55-71(2)13-7-10-38-29(35)32(53-68)26(50-65)23(47-62)20(44-32)16-41-59;;;;/h19-27H,6-18,58-69H2,1-5H3;;;;/t19-,20-,21-,22?,23?,24?,25?,26?,27?,31?,32?,33?,74?;;;;/m1..../s1. The molecule has 0 saturated carbocycles. The summed E-state index contributed by atoms with van der Waals surface area (Å²) in [5.74, 6) is -8.12. The van der Waals surface area contributed by atoms with Gasteiger partial charge in [0.15, 0.2) is 36.4 Å². The van der Waals surface area contributed by atoms with E-state index >= 15 is 0 Å². The molecule has 0 aromatic carbocycles. The van der Waals surface area contributed by atoms with E-state index in [9.17, 15) is 14.4 Å². The van der Waals surface area contributed by atoms with Crippen LogP contribution >= 0.6 is 114 Å². The zero-order valence-electron chi connectivity index (χ0n) is 43.9. The number of carbonyl (C=O) groups excluding carboxylic acids is 3. The monoisotopic (exact) mass is 1720 g/mol. The second-order valence-corrected chi connectivity index (χ2v) is 33.7. The minimum Gasteiger partial charge on any atom is -0.462 e. The van der Waals surface area contributed by atoms with Crippen LogP contribution in [-0.4, -0.2) is 175 Å². The van der Waals surface area contributed by atoms with Crippen molar-refractivity contribution < 1.29 is 240 Å². The first-order valence-corrected chi connectivity index (χ1v) is 39.1. The van der Waals surface area contributed by atoms with Crippen molar-refractivity contribution in [2.24, 2.45) is 0 Å². The molecule has 25 atom stereocenters. The molecular weight excluding hydrogens is 1650 g/mol. The molecule has 0 spiro atoms. The Balaban J connectivity index is 0. The van der Waals surface area contributed by atoms with Crippen molar-refractivity contribution in [3.8, 4) is 0 Å². The van der Waals surface area contributed by atoms with Crippen molar-refractivity contribution in [1.29, 1.82) is 0 Å². The Morgan fingerprint density at radius 2 is 0.833 bits per heavy atom. The molecule has 3 fully saturated rings. The van der Waals surface area contributed by atoms with Gasteiger partial charge in [0.25, 0.3) is 0 Å². The third-order valence-corrected chi connectivity index (χ3v) is 31.6. The van der Waals surface area contributed by atoms with Crippen LogP contribution in [-0.2, 0) is 240 Å². The Morgan fingerprint density at radius 1 is 0.487 bits per heavy atom. The fourth-order valence-electron chi connectivity index (χ4n) is 8.43. The first-order chi connectivity index (χ1) is 35.3. The van der Waals surface area contributed by atoms with Gasteiger partial charge < -0.3 is 95.1 Å². The molecule has 24 nitrogen and oxygen atoms in total. The zero-order chi connectivity index (χ0) is 55.3. The summed E-state index contributed by atoms with van der Waals surface area (Å²) in [7, 11) is 16.6. The van der Waals surface area contributed by atoms with Crippen LogP contribution in [0.25, 0.3) is 0 Å². The van der Waals surface area contributed by atoms with Crippen LogP contribution in [0.3, 0.4) is 0 Å². The largest absolute Gasteiger partial charge is 0.462 e. The van der Waals surface area contributed by atoms with Crippen LogP contribution in [0, 0.1) is 0 Å². The summed E-state index contributed by atoms with van der Waals surface area (Å²) in [5.41, 5.74) is 0.851. The van der Waals surface area contributed by atoms with Crippen LogP contribution in [0.5, 0.6) is 0 Å². The number of carbonyl (C=O) groups is 3. The molecule has 3 saturated heterocycles. The molecule has 0 aliphatic carbocycles. The molecule has 0 aromatic rings. The van der Waals surface area contributed by atoms with Crippen LogP contribution in [0.2, 0.25) is 56.5 Å². The van der Waals surface area contributed by atoms with Crippen molar-refractivity contribution in [2.45, 2.75) is 148 Å². The Morgan fingerprint density at radius 3 is 1.15 bits per heavy atom. The third-order valence-electron chi connectivity index (χ3n) is 11.7. The number of esters is 3. The van der Waals surface area contributed by atoms with Gasteiger partial charge in [-0.1, -0.05) is 12.6 Å². The van der Waals surface area contributed by atoms with Gasteiger partial charge in [0.05, 0.1) is 39.6 Å². The summed E-state index contributed by atoms with van der Waals surface area (Å²) < 4.78 is 120. The fraction of sp³-hybridized carbons (Fsp3) is 0.909. The normalized spacial score (nSPS) is 29.4. The van der Waals surface area contributed by atoms with Gasteiger partial charge in [0, 0.05) is 253 Å². The second kappa shape index (κ2) is 46.4. The molecule has 0 bridgehead atoms. The van der Waals surface area contributed by atoms with Crippen molar-refractivity contribution in [1.82, 2.24) is 0 Å². The molecule has 78 heavy (non-hydrogen) atoms. The SMILES string of the molecule is C[Si](CCCOC(=O)C1(OP)O[C@H](COP)C(OP)C1OP)C[Si](C)O[Si](C)(CCCOC(=O)C1(OP)O[C@H](COP)C(OP)C1OP)O[Si](C)O[Si](C)CCCOC(=O)C1(OP)O[C@H](COP)C(OP)C1OP.[Y].[Y].[Y].[Y]. The van der Waals surface area contributed by atoms with Crippen molar-refractivity contribution >= 4 is 176 Å². The van der Waals surface area contributed by atoms with Crippen LogP contribution in [0.1, 0.15) is 19.3 Å². The smallest absolute Gasteiger partial charge is 0.370 e. The summed E-state index contributed by atoms with van der Waals surface area (Å²) in [6.07, 6.45) is -5.78. The molecule has 45 heteroatoms. The second-order valence-electron chi connectivity index (χ2n) is 17.0. The Bertz CT molecular complexity index is 1630. The molecule has 3 heterocycles. The van der Waals surface area contributed by atoms with Crippen LogP contribution in [0.15, 0.2) is 0 Å². The van der Waals surface area contributed by atoms with E-state index in [0.717, 1.165) is 11.7 Å². The summed E-state index contributed by atoms with van der Waals surface area (Å²) >= 11 is 0. The Hall–Kier alpha value is 8.35. The number of hydrogen-bond donors (Lipinski definition) is 0. The maximum atomic E-state index is 13.7. The Labute approximate surface area is 596 Å². The number of rotatable bonds is 38. The molecule has 442 valence electrons. The molecule has 3 aliphatic heterocycles. The van der Waals surface area contributed by atoms with Crippen molar-refractivity contribution in [3.63, 3.8) is 0 Å². The minimum absolute atomic E-state index is 0. The van der Waals surface area contributed by atoms with Crippen LogP contribution < -0.4 is 0 Å². The summed E-state index contributed by atoms with van der Waals surface area (Å²) in [5, 5.41) is 0. The van der Waals surface area contributed by atoms with E-state index in [-0.39, 0.29) is 170 Å². The van der Waals surface area contributed by atoms with E-state index in [2.05, 4.69) is 108 Å². The Kier molecular flexibility index (Phi) is 52.6. The van der Waals surface area contributed by atoms with E-state index in [1.165, 1.54) is 0 Å². The van der Waals surface area contributed by atoms with Crippen LogP contribution in [0.4, 0.5) is 0 Å². The maximum absolute atomic E-state index is 13.7. The molecular formula is C33H74O24P12Si5Y4. The predicted octanol–water partition coefficient (Wildman–Crippen LogP) is 4.10. The maximum Gasteiger partial charge on any atom is 0.370 e. The molecule has 8 radical (unpaired) electrons.